The maximum absolute atomic E-state index is 13.8. The monoisotopic (exact) mass is 269 g/mol. The lowest BCUT2D eigenvalue weighted by molar-refractivity contribution is 0.0134. The van der Waals surface area contributed by atoms with Crippen LogP contribution in [-0.4, -0.2) is 34.7 Å². The molecule has 2 aliphatic rings. The molecular weight excluding hydrogens is 253 g/mol. The Bertz CT molecular complexity index is 467. The van der Waals surface area contributed by atoms with Crippen molar-refractivity contribution in [1.29, 1.82) is 0 Å². The molecule has 0 aromatic heterocycles. The second-order valence-electron chi connectivity index (χ2n) is 5.46. The van der Waals surface area contributed by atoms with Gasteiger partial charge in [0.2, 0.25) is 0 Å². The van der Waals surface area contributed by atoms with E-state index in [1.54, 1.807) is 12.1 Å². The summed E-state index contributed by atoms with van der Waals surface area (Å²) in [5, 5.41) is 11.2. The minimum absolute atomic E-state index is 0.201. The number of nitrogens with zero attached hydrogens (tertiary/aromatic N) is 1. The van der Waals surface area contributed by atoms with E-state index in [1.165, 1.54) is 6.07 Å². The van der Waals surface area contributed by atoms with Crippen molar-refractivity contribution in [2.45, 2.75) is 37.3 Å². The SMILES string of the molecule is OC1(Cc2ccc(Cl)cc2F)CCN2CCCC21. The highest BCUT2D eigenvalue weighted by Crippen LogP contribution is 2.38. The molecule has 2 heterocycles. The van der Waals surface area contributed by atoms with E-state index < -0.39 is 5.60 Å². The fourth-order valence-corrected chi connectivity index (χ4v) is 3.57. The Morgan fingerprint density at radius 1 is 1.44 bits per heavy atom. The summed E-state index contributed by atoms with van der Waals surface area (Å²) in [6, 6.07) is 4.90. The van der Waals surface area contributed by atoms with E-state index >= 15 is 0 Å². The first-order valence-electron chi connectivity index (χ1n) is 6.49. The highest BCUT2D eigenvalue weighted by molar-refractivity contribution is 6.30. The van der Waals surface area contributed by atoms with Gasteiger partial charge in [-0.25, -0.2) is 4.39 Å². The van der Waals surface area contributed by atoms with Crippen LogP contribution in [0.1, 0.15) is 24.8 Å². The molecular formula is C14H17ClFNO. The van der Waals surface area contributed by atoms with E-state index in [2.05, 4.69) is 4.90 Å². The number of hydrogen-bond acceptors (Lipinski definition) is 2. The summed E-state index contributed by atoms with van der Waals surface area (Å²) in [6.45, 7) is 1.99. The lowest BCUT2D eigenvalue weighted by Crippen LogP contribution is -2.43. The highest BCUT2D eigenvalue weighted by Gasteiger charge is 2.47. The standard InChI is InChI=1S/C14H17ClFNO/c15-11-4-3-10(12(16)8-11)9-14(18)5-7-17-6-1-2-13(14)17/h3-4,8,13,18H,1-2,5-7,9H2. The normalized spacial score (nSPS) is 31.8. The van der Waals surface area contributed by atoms with Crippen LogP contribution in [0.5, 0.6) is 0 Å². The van der Waals surface area contributed by atoms with Gasteiger partial charge in [0.1, 0.15) is 5.82 Å². The van der Waals surface area contributed by atoms with Crippen molar-refractivity contribution in [2.24, 2.45) is 0 Å². The van der Waals surface area contributed by atoms with E-state index in [-0.39, 0.29) is 11.9 Å². The molecule has 2 atom stereocenters. The number of hydrogen-bond donors (Lipinski definition) is 1. The van der Waals surface area contributed by atoms with Crippen molar-refractivity contribution >= 4 is 11.6 Å². The minimum atomic E-state index is -0.773. The summed E-state index contributed by atoms with van der Waals surface area (Å²) in [6.07, 6.45) is 3.28. The molecule has 0 amide bonds. The van der Waals surface area contributed by atoms with Crippen LogP contribution >= 0.6 is 11.6 Å². The maximum atomic E-state index is 13.8. The van der Waals surface area contributed by atoms with Gasteiger partial charge in [0.25, 0.3) is 0 Å². The van der Waals surface area contributed by atoms with E-state index in [0.717, 1.165) is 32.4 Å². The van der Waals surface area contributed by atoms with Crippen molar-refractivity contribution < 1.29 is 9.50 Å². The lowest BCUT2D eigenvalue weighted by atomic mass is 9.86. The largest absolute Gasteiger partial charge is 0.388 e. The van der Waals surface area contributed by atoms with Gasteiger partial charge >= 0.3 is 0 Å². The molecule has 3 rings (SSSR count). The third-order valence-electron chi connectivity index (χ3n) is 4.33. The molecule has 98 valence electrons. The van der Waals surface area contributed by atoms with Gasteiger partial charge in [-0.3, -0.25) is 4.90 Å². The molecule has 1 aromatic rings. The van der Waals surface area contributed by atoms with E-state index in [9.17, 15) is 9.50 Å². The molecule has 0 saturated carbocycles. The number of halogens is 2. The van der Waals surface area contributed by atoms with Gasteiger partial charge in [0, 0.05) is 24.0 Å². The molecule has 0 aliphatic carbocycles. The second-order valence-corrected chi connectivity index (χ2v) is 5.90. The molecule has 0 spiro atoms. The summed E-state index contributed by atoms with van der Waals surface area (Å²) < 4.78 is 13.8. The van der Waals surface area contributed by atoms with Gasteiger partial charge < -0.3 is 5.11 Å². The third kappa shape index (κ3) is 2.04. The minimum Gasteiger partial charge on any atom is -0.388 e. The Kier molecular flexibility index (Phi) is 3.08. The average Bonchev–Trinajstić information content (AvgIpc) is 2.88. The number of benzene rings is 1. The van der Waals surface area contributed by atoms with Crippen molar-refractivity contribution in [3.8, 4) is 0 Å². The molecule has 18 heavy (non-hydrogen) atoms. The molecule has 0 radical (unpaired) electrons. The van der Waals surface area contributed by atoms with Crippen LogP contribution in [0, 0.1) is 5.82 Å². The zero-order valence-corrected chi connectivity index (χ0v) is 11.0. The molecule has 1 aromatic carbocycles. The Morgan fingerprint density at radius 2 is 2.28 bits per heavy atom. The van der Waals surface area contributed by atoms with Gasteiger partial charge in [-0.05, 0) is 43.5 Å². The predicted octanol–water partition coefficient (Wildman–Crippen LogP) is 2.62. The first kappa shape index (κ1) is 12.4. The lowest BCUT2D eigenvalue weighted by Gasteiger charge is -2.30. The molecule has 4 heteroatoms. The average molecular weight is 270 g/mol. The zero-order chi connectivity index (χ0) is 12.8. The van der Waals surface area contributed by atoms with Crippen LogP contribution in [0.3, 0.4) is 0 Å². The fraction of sp³-hybridized carbons (Fsp3) is 0.571. The van der Waals surface area contributed by atoms with Gasteiger partial charge in [0.15, 0.2) is 0 Å². The molecule has 2 aliphatic heterocycles. The molecule has 2 nitrogen and oxygen atoms in total. The Balaban J connectivity index is 1.83. The molecule has 1 N–H and O–H groups in total. The van der Waals surface area contributed by atoms with Crippen LogP contribution in [0.15, 0.2) is 18.2 Å². The fourth-order valence-electron chi connectivity index (χ4n) is 3.41. The zero-order valence-electron chi connectivity index (χ0n) is 10.2. The predicted molar refractivity (Wildman–Crippen MR) is 69.3 cm³/mol. The van der Waals surface area contributed by atoms with Crippen LogP contribution in [0.25, 0.3) is 0 Å². The van der Waals surface area contributed by atoms with Gasteiger partial charge in [-0.2, -0.15) is 0 Å². The van der Waals surface area contributed by atoms with Crippen molar-refractivity contribution in [3.63, 3.8) is 0 Å². The summed E-state index contributed by atoms with van der Waals surface area (Å²) >= 11 is 5.75. The molecule has 0 bridgehead atoms. The van der Waals surface area contributed by atoms with E-state index in [1.807, 2.05) is 0 Å². The summed E-state index contributed by atoms with van der Waals surface area (Å²) in [7, 11) is 0. The first-order chi connectivity index (χ1) is 8.58. The topological polar surface area (TPSA) is 23.5 Å². The first-order valence-corrected chi connectivity index (χ1v) is 6.87. The smallest absolute Gasteiger partial charge is 0.127 e. The Labute approximate surface area is 111 Å². The molecule has 2 unspecified atom stereocenters. The second kappa shape index (κ2) is 4.48. The van der Waals surface area contributed by atoms with Crippen molar-refractivity contribution in [2.75, 3.05) is 13.1 Å². The Hall–Kier alpha value is -0.640. The van der Waals surface area contributed by atoms with Crippen LogP contribution in [0.4, 0.5) is 4.39 Å². The maximum Gasteiger partial charge on any atom is 0.127 e. The van der Waals surface area contributed by atoms with Crippen molar-refractivity contribution in [3.05, 3.63) is 34.6 Å². The van der Waals surface area contributed by atoms with Crippen molar-refractivity contribution in [1.82, 2.24) is 4.90 Å². The number of rotatable bonds is 2. The highest BCUT2D eigenvalue weighted by atomic mass is 35.5. The van der Waals surface area contributed by atoms with Gasteiger partial charge in [-0.1, -0.05) is 17.7 Å². The number of fused-ring (bicyclic) bond motifs is 1. The molecule has 2 fully saturated rings. The third-order valence-corrected chi connectivity index (χ3v) is 4.56. The quantitative estimate of drug-likeness (QED) is 0.892. The van der Waals surface area contributed by atoms with Gasteiger partial charge in [0.05, 0.1) is 5.60 Å². The van der Waals surface area contributed by atoms with Crippen LogP contribution < -0.4 is 0 Å². The Morgan fingerprint density at radius 3 is 3.06 bits per heavy atom. The van der Waals surface area contributed by atoms with Gasteiger partial charge in [-0.15, -0.1) is 0 Å². The summed E-state index contributed by atoms with van der Waals surface area (Å²) in [5.74, 6) is -0.313. The summed E-state index contributed by atoms with van der Waals surface area (Å²) in [5.41, 5.74) is -0.207. The number of aliphatic hydroxyl groups is 1. The van der Waals surface area contributed by atoms with Crippen LogP contribution in [0.2, 0.25) is 5.02 Å². The van der Waals surface area contributed by atoms with E-state index in [0.29, 0.717) is 17.0 Å². The summed E-state index contributed by atoms with van der Waals surface area (Å²) in [4.78, 5) is 2.33. The molecule has 2 saturated heterocycles. The van der Waals surface area contributed by atoms with E-state index in [4.69, 9.17) is 11.6 Å². The van der Waals surface area contributed by atoms with Crippen LogP contribution in [-0.2, 0) is 6.42 Å².